The van der Waals surface area contributed by atoms with Crippen LogP contribution in [0.4, 0.5) is 0 Å². The van der Waals surface area contributed by atoms with Gasteiger partial charge >= 0.3 is 0 Å². The van der Waals surface area contributed by atoms with Gasteiger partial charge in [-0.25, -0.2) is 0 Å². The van der Waals surface area contributed by atoms with E-state index in [0.717, 1.165) is 5.52 Å². The average molecular weight is 331 g/mol. The highest BCUT2D eigenvalue weighted by atomic mass is 127. The van der Waals surface area contributed by atoms with Crippen molar-refractivity contribution in [3.8, 4) is 11.1 Å². The number of aromatic nitrogens is 1. The molecule has 0 bridgehead atoms. The summed E-state index contributed by atoms with van der Waals surface area (Å²) in [5.74, 6) is 0. The number of halogens is 1. The summed E-state index contributed by atoms with van der Waals surface area (Å²) < 4.78 is 1.24. The smallest absolute Gasteiger partial charge is 0.0718 e. The first-order chi connectivity index (χ1) is 8.34. The highest BCUT2D eigenvalue weighted by Crippen LogP contribution is 2.27. The average Bonchev–Trinajstić information content (AvgIpc) is 2.40. The van der Waals surface area contributed by atoms with Crippen LogP contribution >= 0.6 is 22.6 Å². The molecule has 82 valence electrons. The Kier molecular flexibility index (Phi) is 2.81. The summed E-state index contributed by atoms with van der Waals surface area (Å²) in [5, 5.41) is 1.22. The Morgan fingerprint density at radius 1 is 0.824 bits per heavy atom. The number of fused-ring (bicyclic) bond motifs is 1. The van der Waals surface area contributed by atoms with E-state index in [1.807, 2.05) is 18.3 Å². The van der Waals surface area contributed by atoms with Gasteiger partial charge in [0.1, 0.15) is 0 Å². The molecular formula is C15H10IN. The second-order valence-corrected chi connectivity index (χ2v) is 5.06. The van der Waals surface area contributed by atoms with Gasteiger partial charge in [0, 0.05) is 15.2 Å². The molecule has 0 N–H and O–H groups in total. The molecule has 0 amide bonds. The van der Waals surface area contributed by atoms with Gasteiger partial charge in [0.05, 0.1) is 5.52 Å². The van der Waals surface area contributed by atoms with Crippen molar-refractivity contribution >= 4 is 33.5 Å². The highest BCUT2D eigenvalue weighted by Gasteiger charge is 2.03. The van der Waals surface area contributed by atoms with Gasteiger partial charge in [0.15, 0.2) is 0 Å². The molecule has 0 atom stereocenters. The van der Waals surface area contributed by atoms with Crippen LogP contribution in [0.25, 0.3) is 22.0 Å². The van der Waals surface area contributed by atoms with E-state index in [2.05, 4.69) is 70.0 Å². The van der Waals surface area contributed by atoms with Gasteiger partial charge in [0.25, 0.3) is 0 Å². The highest BCUT2D eigenvalue weighted by molar-refractivity contribution is 14.1. The van der Waals surface area contributed by atoms with E-state index in [1.165, 1.54) is 20.1 Å². The van der Waals surface area contributed by atoms with E-state index in [0.29, 0.717) is 0 Å². The van der Waals surface area contributed by atoms with Crippen molar-refractivity contribution < 1.29 is 0 Å². The van der Waals surface area contributed by atoms with Crippen molar-refractivity contribution in [3.63, 3.8) is 0 Å². The SMILES string of the molecule is Ic1cc(-c2ccccc2)cc2ncccc12. The number of benzene rings is 2. The van der Waals surface area contributed by atoms with Crippen molar-refractivity contribution in [2.24, 2.45) is 0 Å². The van der Waals surface area contributed by atoms with E-state index in [1.54, 1.807) is 0 Å². The van der Waals surface area contributed by atoms with Crippen molar-refractivity contribution in [3.05, 3.63) is 64.4 Å². The predicted octanol–water partition coefficient (Wildman–Crippen LogP) is 4.51. The minimum atomic E-state index is 1.05. The molecule has 0 saturated carbocycles. The fraction of sp³-hybridized carbons (Fsp3) is 0. The molecule has 2 aromatic carbocycles. The van der Waals surface area contributed by atoms with Crippen LogP contribution in [-0.4, -0.2) is 4.98 Å². The number of hydrogen-bond donors (Lipinski definition) is 0. The summed E-state index contributed by atoms with van der Waals surface area (Å²) in [5.41, 5.74) is 3.51. The molecule has 0 aliphatic carbocycles. The Hall–Kier alpha value is -1.42. The molecule has 1 heterocycles. The lowest BCUT2D eigenvalue weighted by Crippen LogP contribution is -1.85. The number of rotatable bonds is 1. The normalized spacial score (nSPS) is 10.6. The van der Waals surface area contributed by atoms with E-state index >= 15 is 0 Å². The third-order valence-corrected chi connectivity index (χ3v) is 3.67. The van der Waals surface area contributed by atoms with Crippen molar-refractivity contribution in [1.29, 1.82) is 0 Å². The fourth-order valence-corrected chi connectivity index (χ4v) is 2.73. The van der Waals surface area contributed by atoms with E-state index in [-0.39, 0.29) is 0 Å². The molecule has 1 aromatic heterocycles. The minimum Gasteiger partial charge on any atom is -0.256 e. The van der Waals surface area contributed by atoms with E-state index < -0.39 is 0 Å². The van der Waals surface area contributed by atoms with Crippen molar-refractivity contribution in [2.75, 3.05) is 0 Å². The van der Waals surface area contributed by atoms with Crippen LogP contribution in [0.1, 0.15) is 0 Å². The largest absolute Gasteiger partial charge is 0.256 e. The van der Waals surface area contributed by atoms with Crippen molar-refractivity contribution in [1.82, 2.24) is 4.98 Å². The zero-order chi connectivity index (χ0) is 11.7. The summed E-state index contributed by atoms with van der Waals surface area (Å²) in [4.78, 5) is 4.42. The molecule has 0 aliphatic heterocycles. The zero-order valence-electron chi connectivity index (χ0n) is 9.10. The number of hydrogen-bond acceptors (Lipinski definition) is 1. The summed E-state index contributed by atoms with van der Waals surface area (Å²) >= 11 is 2.37. The van der Waals surface area contributed by atoms with Crippen LogP contribution in [0.3, 0.4) is 0 Å². The van der Waals surface area contributed by atoms with Gasteiger partial charge in [-0.1, -0.05) is 36.4 Å². The minimum absolute atomic E-state index is 1.05. The molecule has 0 fully saturated rings. The third-order valence-electron chi connectivity index (χ3n) is 2.78. The van der Waals surface area contributed by atoms with Gasteiger partial charge in [-0.2, -0.15) is 0 Å². The number of pyridine rings is 1. The van der Waals surface area contributed by atoms with E-state index in [4.69, 9.17) is 0 Å². The molecule has 0 saturated heterocycles. The Morgan fingerprint density at radius 2 is 1.65 bits per heavy atom. The lowest BCUT2D eigenvalue weighted by Gasteiger charge is -2.05. The maximum atomic E-state index is 4.42. The second kappa shape index (κ2) is 4.45. The molecule has 0 unspecified atom stereocenters. The van der Waals surface area contributed by atoms with Crippen LogP contribution < -0.4 is 0 Å². The Bertz CT molecular complexity index is 662. The molecule has 2 heteroatoms. The van der Waals surface area contributed by atoms with Crippen molar-refractivity contribution in [2.45, 2.75) is 0 Å². The lowest BCUT2D eigenvalue weighted by atomic mass is 10.0. The maximum Gasteiger partial charge on any atom is 0.0718 e. The topological polar surface area (TPSA) is 12.9 Å². The predicted molar refractivity (Wildman–Crippen MR) is 79.9 cm³/mol. The molecule has 0 spiro atoms. The second-order valence-electron chi connectivity index (χ2n) is 3.89. The molecule has 3 aromatic rings. The van der Waals surface area contributed by atoms with Crippen LogP contribution in [-0.2, 0) is 0 Å². The summed E-state index contributed by atoms with van der Waals surface area (Å²) in [6.07, 6.45) is 1.84. The van der Waals surface area contributed by atoms with Crippen LogP contribution in [0, 0.1) is 3.57 Å². The maximum absolute atomic E-state index is 4.42. The summed E-state index contributed by atoms with van der Waals surface area (Å²) in [6.45, 7) is 0. The van der Waals surface area contributed by atoms with Gasteiger partial charge < -0.3 is 0 Å². The monoisotopic (exact) mass is 331 g/mol. The first kappa shape index (κ1) is 10.7. The fourth-order valence-electron chi connectivity index (χ4n) is 1.93. The van der Waals surface area contributed by atoms with Crippen LogP contribution in [0.15, 0.2) is 60.8 Å². The zero-order valence-corrected chi connectivity index (χ0v) is 11.3. The third kappa shape index (κ3) is 2.05. The van der Waals surface area contributed by atoms with Crippen LogP contribution in [0.5, 0.6) is 0 Å². The molecular weight excluding hydrogens is 321 g/mol. The Morgan fingerprint density at radius 3 is 2.47 bits per heavy atom. The first-order valence-electron chi connectivity index (χ1n) is 5.44. The molecule has 3 rings (SSSR count). The molecule has 0 radical (unpaired) electrons. The van der Waals surface area contributed by atoms with Gasteiger partial charge in [-0.05, 0) is 51.9 Å². The Balaban J connectivity index is 2.26. The van der Waals surface area contributed by atoms with Gasteiger partial charge in [0.2, 0.25) is 0 Å². The summed E-state index contributed by atoms with van der Waals surface area (Å²) in [6, 6.07) is 18.8. The quantitative estimate of drug-likeness (QED) is 0.598. The van der Waals surface area contributed by atoms with Gasteiger partial charge in [-0.3, -0.25) is 4.98 Å². The molecule has 17 heavy (non-hydrogen) atoms. The van der Waals surface area contributed by atoms with Gasteiger partial charge in [-0.15, -0.1) is 0 Å². The van der Waals surface area contributed by atoms with Crippen LogP contribution in [0.2, 0.25) is 0 Å². The Labute approximate surface area is 114 Å². The lowest BCUT2D eigenvalue weighted by molar-refractivity contribution is 1.41. The first-order valence-corrected chi connectivity index (χ1v) is 6.52. The van der Waals surface area contributed by atoms with E-state index in [9.17, 15) is 0 Å². The summed E-state index contributed by atoms with van der Waals surface area (Å²) in [7, 11) is 0. The standard InChI is InChI=1S/C15H10IN/c16-14-9-12(11-5-2-1-3-6-11)10-15-13(14)7-4-8-17-15/h1-10H. The molecule has 0 aliphatic rings. The molecule has 1 nitrogen and oxygen atoms in total. The number of nitrogens with zero attached hydrogens (tertiary/aromatic N) is 1.